The van der Waals surface area contributed by atoms with Crippen LogP contribution in [0, 0.1) is 6.85 Å². The summed E-state index contributed by atoms with van der Waals surface area (Å²) >= 11 is 0. The molecule has 336 valence electrons. The minimum absolute atomic E-state index is 0.110. The number of aromatic hydroxyl groups is 1. The molecule has 0 amide bonds. The molecule has 0 saturated heterocycles. The average Bonchev–Trinajstić information content (AvgIpc) is 3.72. The first-order chi connectivity index (χ1) is 33.8. The zero-order valence-electron chi connectivity index (χ0n) is 45.4. The molecule has 7 aromatic carbocycles. The van der Waals surface area contributed by atoms with Crippen LogP contribution in [-0.2, 0) is 10.8 Å². The largest absolute Gasteiger partial charge is 0.507 e. The van der Waals surface area contributed by atoms with E-state index in [2.05, 4.69) is 108 Å². The van der Waals surface area contributed by atoms with Gasteiger partial charge < -0.3 is 5.11 Å². The fraction of sp³-hybridized carbons (Fsp3) is 0.238. The third kappa shape index (κ3) is 8.86. The number of phenolic OH excluding ortho intramolecular Hbond substituents is 1. The number of aryl methyl sites for hydroxylation is 1. The molecule has 0 spiro atoms. The quantitative estimate of drug-likeness (QED) is 0.157. The van der Waals surface area contributed by atoms with Gasteiger partial charge in [-0.3, -0.25) is 9.55 Å². The van der Waals surface area contributed by atoms with Crippen LogP contribution in [0.4, 0.5) is 0 Å². The highest BCUT2D eigenvalue weighted by molar-refractivity contribution is 5.98. The van der Waals surface area contributed by atoms with E-state index in [1.54, 1.807) is 39.8 Å². The van der Waals surface area contributed by atoms with Crippen LogP contribution in [-0.4, -0.2) is 19.6 Å². The number of pyridine rings is 1. The number of hydrogen-bond donors (Lipinski definition) is 1. The van der Waals surface area contributed by atoms with Crippen LogP contribution in [0.25, 0.3) is 83.9 Å². The second-order valence-corrected chi connectivity index (χ2v) is 20.3. The maximum absolute atomic E-state index is 12.6. The molecular formula is C63H63N3O. The highest BCUT2D eigenvalue weighted by atomic mass is 16.3. The molecule has 0 unspecified atom stereocenters. The first-order valence-corrected chi connectivity index (χ1v) is 23.2. The minimum atomic E-state index is -2.48. The van der Waals surface area contributed by atoms with Gasteiger partial charge in [0.05, 0.1) is 28.0 Å². The number of nitrogens with zero attached hydrogens (tertiary/aromatic N) is 3. The Labute approximate surface area is 405 Å². The van der Waals surface area contributed by atoms with Gasteiger partial charge in [-0.15, -0.1) is 0 Å². The van der Waals surface area contributed by atoms with Crippen LogP contribution < -0.4 is 0 Å². The molecule has 0 atom stereocenters. The molecule has 0 aliphatic heterocycles. The predicted molar refractivity (Wildman–Crippen MR) is 283 cm³/mol. The summed E-state index contributed by atoms with van der Waals surface area (Å²) in [6, 6.07) is 52.4. The molecule has 1 N–H and O–H groups in total. The van der Waals surface area contributed by atoms with Crippen LogP contribution >= 0.6 is 0 Å². The van der Waals surface area contributed by atoms with E-state index in [9.17, 15) is 7.85 Å². The summed E-state index contributed by atoms with van der Waals surface area (Å²) in [6.07, 6.45) is 1.86. The van der Waals surface area contributed by atoms with Crippen molar-refractivity contribution in [1.82, 2.24) is 14.5 Å². The fourth-order valence-corrected chi connectivity index (χ4v) is 9.00. The van der Waals surface area contributed by atoms with Crippen LogP contribution in [0.1, 0.15) is 116 Å². The molecule has 9 aromatic rings. The normalized spacial score (nSPS) is 13.7. The topological polar surface area (TPSA) is 50.9 Å². The summed E-state index contributed by atoms with van der Waals surface area (Å²) in [4.78, 5) is 10.5. The maximum atomic E-state index is 12.6. The molecule has 0 saturated carbocycles. The lowest BCUT2D eigenvalue weighted by atomic mass is 9.83. The molecule has 67 heavy (non-hydrogen) atoms. The molecular weight excluding hydrogens is 815 g/mol. The van der Waals surface area contributed by atoms with Crippen LogP contribution in [0.5, 0.6) is 5.75 Å². The Bertz CT molecular complexity index is 3480. The highest BCUT2D eigenvalue weighted by Crippen LogP contribution is 2.46. The van der Waals surface area contributed by atoms with Gasteiger partial charge in [0.1, 0.15) is 11.6 Å². The maximum Gasteiger partial charge on any atom is 0.149 e. The van der Waals surface area contributed by atoms with Crippen molar-refractivity contribution >= 4 is 11.0 Å². The smallest absolute Gasteiger partial charge is 0.149 e. The summed E-state index contributed by atoms with van der Waals surface area (Å²) in [5.41, 5.74) is 13.8. The van der Waals surface area contributed by atoms with Crippen LogP contribution in [0.2, 0.25) is 0 Å². The zero-order chi connectivity index (χ0) is 51.7. The van der Waals surface area contributed by atoms with Gasteiger partial charge in [-0.25, -0.2) is 4.98 Å². The van der Waals surface area contributed by atoms with E-state index in [0.717, 1.165) is 55.8 Å². The molecule has 4 heteroatoms. The Morgan fingerprint density at radius 3 is 1.84 bits per heavy atom. The van der Waals surface area contributed by atoms with E-state index in [1.807, 2.05) is 89.6 Å². The molecule has 0 radical (unpaired) electrons. The number of aromatic nitrogens is 3. The lowest BCUT2D eigenvalue weighted by Gasteiger charge is -2.22. The molecule has 0 aliphatic carbocycles. The van der Waals surface area contributed by atoms with Crippen molar-refractivity contribution in [2.75, 3.05) is 0 Å². The third-order valence-electron chi connectivity index (χ3n) is 12.9. The number of para-hydroxylation sites is 1. The first kappa shape index (κ1) is 39.2. The van der Waals surface area contributed by atoms with Crippen molar-refractivity contribution < 1.29 is 12.0 Å². The van der Waals surface area contributed by atoms with E-state index in [-0.39, 0.29) is 22.1 Å². The summed E-state index contributed by atoms with van der Waals surface area (Å²) in [7, 11) is 0. The fourth-order valence-electron chi connectivity index (χ4n) is 9.00. The molecule has 2 aromatic heterocycles. The number of imidazole rings is 1. The van der Waals surface area contributed by atoms with E-state index in [4.69, 9.17) is 14.1 Å². The number of rotatable bonds is 9. The Hall–Kier alpha value is -7.04. The van der Waals surface area contributed by atoms with Crippen molar-refractivity contribution in [2.24, 2.45) is 0 Å². The van der Waals surface area contributed by atoms with E-state index < -0.39 is 18.6 Å². The van der Waals surface area contributed by atoms with Crippen molar-refractivity contribution in [3.63, 3.8) is 0 Å². The minimum Gasteiger partial charge on any atom is -0.507 e. The monoisotopic (exact) mass is 883 g/mol. The van der Waals surface area contributed by atoms with Crippen molar-refractivity contribution in [3.8, 4) is 78.6 Å². The summed E-state index contributed by atoms with van der Waals surface area (Å²) < 4.78 is 47.4. The van der Waals surface area contributed by atoms with Gasteiger partial charge >= 0.3 is 0 Å². The highest BCUT2D eigenvalue weighted by Gasteiger charge is 2.27. The molecule has 0 bridgehead atoms. The summed E-state index contributed by atoms with van der Waals surface area (Å²) in [5, 5.41) is 12.6. The van der Waals surface area contributed by atoms with Gasteiger partial charge in [-0.2, -0.15) is 0 Å². The van der Waals surface area contributed by atoms with Gasteiger partial charge in [-0.1, -0.05) is 178 Å². The summed E-state index contributed by atoms with van der Waals surface area (Å²) in [6.45, 7) is 17.7. The van der Waals surface area contributed by atoms with Crippen LogP contribution in [0.3, 0.4) is 0 Å². The zero-order valence-corrected chi connectivity index (χ0v) is 40.4. The SMILES string of the molecule is [2H]C([2H])([2H])c1cc(-c2ccc(C(C)(C)C)cc2)c(-n2c(-c3cc(C([2H])(C)C)cc(C([2H])(C)C)c3O)nc3c(-c4cc(-c5cc(-c6ccccc6)ccn5)cc(C(C)(C)C)c4)cccc32)cc1-c1ccccc1. The molecule has 9 rings (SSSR count). The Kier molecular flexibility index (Phi) is 10.3. The first-order valence-electron chi connectivity index (χ1n) is 25.7. The third-order valence-corrected chi connectivity index (χ3v) is 12.9. The van der Waals surface area contributed by atoms with E-state index in [1.165, 1.54) is 0 Å². The average molecular weight is 883 g/mol. The van der Waals surface area contributed by atoms with Crippen molar-refractivity contribution in [3.05, 3.63) is 192 Å². The number of fused-ring (bicyclic) bond motifs is 1. The lowest BCUT2D eigenvalue weighted by Crippen LogP contribution is -2.11. The Morgan fingerprint density at radius 1 is 0.537 bits per heavy atom. The lowest BCUT2D eigenvalue weighted by molar-refractivity contribution is 0.466. The van der Waals surface area contributed by atoms with Gasteiger partial charge in [0.2, 0.25) is 0 Å². The number of hydrogen-bond acceptors (Lipinski definition) is 3. The second-order valence-electron chi connectivity index (χ2n) is 20.3. The van der Waals surface area contributed by atoms with Crippen LogP contribution in [0.15, 0.2) is 164 Å². The molecule has 4 nitrogen and oxygen atoms in total. The number of benzene rings is 7. The van der Waals surface area contributed by atoms with Gasteiger partial charge in [-0.05, 0) is 139 Å². The molecule has 0 fully saturated rings. The van der Waals surface area contributed by atoms with E-state index in [0.29, 0.717) is 50.4 Å². The molecule has 0 aliphatic rings. The van der Waals surface area contributed by atoms with Crippen molar-refractivity contribution in [2.45, 2.75) is 98.7 Å². The Morgan fingerprint density at radius 2 is 1.19 bits per heavy atom. The van der Waals surface area contributed by atoms with Gasteiger partial charge in [0.25, 0.3) is 0 Å². The second kappa shape index (κ2) is 17.6. The van der Waals surface area contributed by atoms with Gasteiger partial charge in [0, 0.05) is 29.7 Å². The predicted octanol–water partition coefficient (Wildman–Crippen LogP) is 17.3. The summed E-state index contributed by atoms with van der Waals surface area (Å²) in [5.74, 6) is -2.09. The number of phenols is 1. The van der Waals surface area contributed by atoms with Gasteiger partial charge in [0.15, 0.2) is 0 Å². The van der Waals surface area contributed by atoms with Crippen molar-refractivity contribution in [1.29, 1.82) is 0 Å². The standard InChI is InChI=1S/C63H63N3O/c1-39(2)46-35-52(40(3)4)60(67)55(36-46)61-65-59-51(47-32-48(34-50(33-47)63(9,10)11)56-37-45(29-30-64-56)42-19-14-12-15-20-42)23-18-24-57(59)66(61)58-38-53(43-21-16-13-17-22-43)41(5)31-54(58)44-25-27-49(28-26-44)62(6,7)8/h12-40,67H,1-11H3/i5D3,39D,40D. The molecule has 2 heterocycles. The van der Waals surface area contributed by atoms with E-state index >= 15 is 0 Å². The Balaban J connectivity index is 1.42.